The second kappa shape index (κ2) is 6.04. The minimum atomic E-state index is -0.267. The van der Waals surface area contributed by atoms with Crippen LogP contribution in [-0.2, 0) is 6.42 Å². The van der Waals surface area contributed by atoms with E-state index in [1.165, 1.54) is 12.1 Å². The average Bonchev–Trinajstić information content (AvgIpc) is 2.39. The predicted octanol–water partition coefficient (Wildman–Crippen LogP) is 3.73. The second-order valence-electron chi connectivity index (χ2n) is 4.32. The number of nitrogens with two attached hydrogens (primary N) is 1. The molecule has 4 heteroatoms. The molecular weight excluding hydrogens is 265 g/mol. The summed E-state index contributed by atoms with van der Waals surface area (Å²) in [7, 11) is 1.61. The summed E-state index contributed by atoms with van der Waals surface area (Å²) in [6.45, 7) is 0. The molecule has 0 aliphatic carbocycles. The standard InChI is InChI=1S/C15H15ClFNO/c1-19-15-7-4-12(16)8-11(15)9-14(18)10-2-5-13(17)6-3-10/h2-8,14H,9,18H2,1H3. The van der Waals surface area contributed by atoms with Gasteiger partial charge in [-0.15, -0.1) is 0 Å². The molecule has 0 aromatic heterocycles. The monoisotopic (exact) mass is 279 g/mol. The molecule has 0 saturated carbocycles. The molecule has 100 valence electrons. The molecule has 2 N–H and O–H groups in total. The van der Waals surface area contributed by atoms with Gasteiger partial charge in [-0.05, 0) is 47.9 Å². The van der Waals surface area contributed by atoms with Crippen molar-refractivity contribution >= 4 is 11.6 Å². The number of hydrogen-bond acceptors (Lipinski definition) is 2. The predicted molar refractivity (Wildman–Crippen MR) is 75.0 cm³/mol. The van der Waals surface area contributed by atoms with Crippen LogP contribution in [0.15, 0.2) is 42.5 Å². The fraction of sp³-hybridized carbons (Fsp3) is 0.200. The first kappa shape index (κ1) is 13.8. The Morgan fingerprint density at radius 3 is 2.53 bits per heavy atom. The molecule has 0 aliphatic heterocycles. The van der Waals surface area contributed by atoms with Crippen molar-refractivity contribution in [3.63, 3.8) is 0 Å². The highest BCUT2D eigenvalue weighted by Gasteiger charge is 2.11. The molecule has 19 heavy (non-hydrogen) atoms. The molecule has 0 fully saturated rings. The van der Waals surface area contributed by atoms with E-state index in [-0.39, 0.29) is 11.9 Å². The van der Waals surface area contributed by atoms with Gasteiger partial charge in [0.2, 0.25) is 0 Å². The van der Waals surface area contributed by atoms with Gasteiger partial charge in [-0.1, -0.05) is 23.7 Å². The van der Waals surface area contributed by atoms with Crippen LogP contribution in [0.4, 0.5) is 4.39 Å². The van der Waals surface area contributed by atoms with Crippen molar-refractivity contribution in [1.82, 2.24) is 0 Å². The summed E-state index contributed by atoms with van der Waals surface area (Å²) >= 11 is 5.98. The summed E-state index contributed by atoms with van der Waals surface area (Å²) in [6.07, 6.45) is 0.579. The third-order valence-corrected chi connectivity index (χ3v) is 3.22. The number of hydrogen-bond donors (Lipinski definition) is 1. The van der Waals surface area contributed by atoms with Gasteiger partial charge in [0.05, 0.1) is 7.11 Å². The number of benzene rings is 2. The van der Waals surface area contributed by atoms with E-state index >= 15 is 0 Å². The molecule has 0 bridgehead atoms. The zero-order chi connectivity index (χ0) is 13.8. The van der Waals surface area contributed by atoms with Crippen LogP contribution < -0.4 is 10.5 Å². The average molecular weight is 280 g/mol. The number of rotatable bonds is 4. The molecule has 0 heterocycles. The topological polar surface area (TPSA) is 35.2 Å². The lowest BCUT2D eigenvalue weighted by Crippen LogP contribution is -2.13. The molecule has 2 aromatic rings. The summed E-state index contributed by atoms with van der Waals surface area (Å²) in [4.78, 5) is 0. The smallest absolute Gasteiger partial charge is 0.123 e. The van der Waals surface area contributed by atoms with Crippen LogP contribution in [0.5, 0.6) is 5.75 Å². The SMILES string of the molecule is COc1ccc(Cl)cc1CC(N)c1ccc(F)cc1. The Kier molecular flexibility index (Phi) is 4.40. The minimum Gasteiger partial charge on any atom is -0.496 e. The van der Waals surface area contributed by atoms with E-state index in [4.69, 9.17) is 22.1 Å². The number of halogens is 2. The summed E-state index contributed by atoms with van der Waals surface area (Å²) in [6, 6.07) is 11.4. The molecule has 0 amide bonds. The third kappa shape index (κ3) is 3.46. The van der Waals surface area contributed by atoms with Crippen LogP contribution in [0.2, 0.25) is 5.02 Å². The zero-order valence-corrected chi connectivity index (χ0v) is 11.3. The largest absolute Gasteiger partial charge is 0.496 e. The van der Waals surface area contributed by atoms with Crippen LogP contribution in [-0.4, -0.2) is 7.11 Å². The van der Waals surface area contributed by atoms with E-state index in [2.05, 4.69) is 0 Å². The number of methoxy groups -OCH3 is 1. The van der Waals surface area contributed by atoms with Gasteiger partial charge in [0, 0.05) is 11.1 Å². The Balaban J connectivity index is 2.20. The van der Waals surface area contributed by atoms with E-state index < -0.39 is 0 Å². The van der Waals surface area contributed by atoms with E-state index in [9.17, 15) is 4.39 Å². The van der Waals surface area contributed by atoms with E-state index in [0.29, 0.717) is 11.4 Å². The molecule has 1 atom stereocenters. The lowest BCUT2D eigenvalue weighted by Gasteiger charge is -2.15. The van der Waals surface area contributed by atoms with Gasteiger partial charge in [-0.2, -0.15) is 0 Å². The first-order valence-corrected chi connectivity index (χ1v) is 6.31. The highest BCUT2D eigenvalue weighted by Crippen LogP contribution is 2.26. The van der Waals surface area contributed by atoms with Gasteiger partial charge < -0.3 is 10.5 Å². The third-order valence-electron chi connectivity index (χ3n) is 2.98. The van der Waals surface area contributed by atoms with Crippen molar-refractivity contribution in [3.8, 4) is 5.75 Å². The molecule has 2 aromatic carbocycles. The summed E-state index contributed by atoms with van der Waals surface area (Å²) in [5.74, 6) is 0.484. The zero-order valence-electron chi connectivity index (χ0n) is 10.6. The molecule has 2 rings (SSSR count). The first-order valence-electron chi connectivity index (χ1n) is 5.93. The van der Waals surface area contributed by atoms with Crippen molar-refractivity contribution in [3.05, 3.63) is 64.4 Å². The summed E-state index contributed by atoms with van der Waals surface area (Å²) in [5, 5.41) is 0.641. The second-order valence-corrected chi connectivity index (χ2v) is 4.75. The molecule has 0 aliphatic rings. The maximum absolute atomic E-state index is 12.9. The Bertz CT molecular complexity index is 557. The molecule has 0 spiro atoms. The Morgan fingerprint density at radius 2 is 1.89 bits per heavy atom. The Labute approximate surface area is 117 Å². The molecule has 0 radical (unpaired) electrons. The first-order chi connectivity index (χ1) is 9.10. The normalized spacial score (nSPS) is 12.2. The van der Waals surface area contributed by atoms with Gasteiger partial charge in [-0.25, -0.2) is 4.39 Å². The van der Waals surface area contributed by atoms with E-state index in [0.717, 1.165) is 16.9 Å². The van der Waals surface area contributed by atoms with Crippen LogP contribution in [0.3, 0.4) is 0 Å². The maximum atomic E-state index is 12.9. The molecule has 1 unspecified atom stereocenters. The molecule has 0 saturated heterocycles. The molecule has 2 nitrogen and oxygen atoms in total. The Morgan fingerprint density at radius 1 is 1.21 bits per heavy atom. The van der Waals surface area contributed by atoms with Crippen LogP contribution in [0.25, 0.3) is 0 Å². The van der Waals surface area contributed by atoms with E-state index in [1.807, 2.05) is 12.1 Å². The van der Waals surface area contributed by atoms with Gasteiger partial charge in [-0.3, -0.25) is 0 Å². The quantitative estimate of drug-likeness (QED) is 0.925. The van der Waals surface area contributed by atoms with Crippen molar-refractivity contribution < 1.29 is 9.13 Å². The van der Waals surface area contributed by atoms with Crippen molar-refractivity contribution in [2.45, 2.75) is 12.5 Å². The number of ether oxygens (including phenoxy) is 1. The van der Waals surface area contributed by atoms with Gasteiger partial charge in [0.1, 0.15) is 11.6 Å². The van der Waals surface area contributed by atoms with Crippen LogP contribution in [0.1, 0.15) is 17.2 Å². The highest BCUT2D eigenvalue weighted by molar-refractivity contribution is 6.30. The van der Waals surface area contributed by atoms with Crippen LogP contribution in [0, 0.1) is 5.82 Å². The maximum Gasteiger partial charge on any atom is 0.123 e. The lowest BCUT2D eigenvalue weighted by atomic mass is 9.99. The summed E-state index contributed by atoms with van der Waals surface area (Å²) < 4.78 is 18.2. The van der Waals surface area contributed by atoms with Crippen LogP contribution >= 0.6 is 11.6 Å². The van der Waals surface area contributed by atoms with Gasteiger partial charge >= 0.3 is 0 Å². The fourth-order valence-corrected chi connectivity index (χ4v) is 2.17. The minimum absolute atomic E-state index is 0.229. The van der Waals surface area contributed by atoms with Crippen molar-refractivity contribution in [2.24, 2.45) is 5.73 Å². The van der Waals surface area contributed by atoms with Gasteiger partial charge in [0.15, 0.2) is 0 Å². The molecular formula is C15H15ClFNO. The fourth-order valence-electron chi connectivity index (χ4n) is 1.97. The summed E-state index contributed by atoms with van der Waals surface area (Å²) in [5.41, 5.74) is 7.94. The van der Waals surface area contributed by atoms with Crippen molar-refractivity contribution in [1.29, 1.82) is 0 Å². The van der Waals surface area contributed by atoms with E-state index in [1.54, 1.807) is 25.3 Å². The van der Waals surface area contributed by atoms with Crippen molar-refractivity contribution in [2.75, 3.05) is 7.11 Å². The Hall–Kier alpha value is -1.58. The van der Waals surface area contributed by atoms with Gasteiger partial charge in [0.25, 0.3) is 0 Å². The lowest BCUT2D eigenvalue weighted by molar-refractivity contribution is 0.408. The highest BCUT2D eigenvalue weighted by atomic mass is 35.5.